The molecule has 4 nitrogen and oxygen atoms in total. The van der Waals surface area contributed by atoms with Crippen molar-refractivity contribution in [1.29, 1.82) is 0 Å². The smallest absolute Gasteiger partial charge is 0.122 e. The molecular weight excluding hydrogens is 280 g/mol. The Morgan fingerprint density at radius 3 is 2.45 bits per heavy atom. The molecule has 1 aromatic carbocycles. The minimum Gasteiger partial charge on any atom is -0.507 e. The number of aromatic hydroxyl groups is 1. The Kier molecular flexibility index (Phi) is 7.88. The van der Waals surface area contributed by atoms with Crippen molar-refractivity contribution in [2.75, 3.05) is 6.61 Å². The predicted molar refractivity (Wildman–Crippen MR) is 88.4 cm³/mol. The SMILES string of the molecule is C=C[C@@H]([C@H](O)CO)[C@H](O)CC/C(=C/c1ccccc1O)CC. The fourth-order valence-electron chi connectivity index (χ4n) is 2.40. The summed E-state index contributed by atoms with van der Waals surface area (Å²) in [6.07, 6.45) is 3.55. The number of hydrogen-bond acceptors (Lipinski definition) is 4. The zero-order valence-corrected chi connectivity index (χ0v) is 13.0. The van der Waals surface area contributed by atoms with Crippen LogP contribution in [-0.4, -0.2) is 39.2 Å². The van der Waals surface area contributed by atoms with E-state index in [0.29, 0.717) is 12.8 Å². The topological polar surface area (TPSA) is 80.9 Å². The number of allylic oxidation sites excluding steroid dienone is 1. The highest BCUT2D eigenvalue weighted by Crippen LogP contribution is 2.24. The molecule has 0 spiro atoms. The molecule has 3 atom stereocenters. The number of aliphatic hydroxyl groups is 3. The number of phenolic OH excluding ortho intramolecular Hbond substituents is 1. The second-order valence-corrected chi connectivity index (χ2v) is 5.38. The number of phenols is 1. The maximum atomic E-state index is 10.2. The van der Waals surface area contributed by atoms with E-state index in [1.54, 1.807) is 12.1 Å². The Morgan fingerprint density at radius 1 is 1.23 bits per heavy atom. The van der Waals surface area contributed by atoms with Gasteiger partial charge < -0.3 is 20.4 Å². The van der Waals surface area contributed by atoms with Crippen LogP contribution in [0.15, 0.2) is 42.5 Å². The Morgan fingerprint density at radius 2 is 1.91 bits per heavy atom. The van der Waals surface area contributed by atoms with Gasteiger partial charge in [0.05, 0.1) is 18.8 Å². The van der Waals surface area contributed by atoms with Crippen molar-refractivity contribution in [2.45, 2.75) is 38.4 Å². The van der Waals surface area contributed by atoms with Crippen LogP contribution in [0.2, 0.25) is 0 Å². The van der Waals surface area contributed by atoms with Crippen LogP contribution in [0, 0.1) is 5.92 Å². The molecule has 0 aliphatic carbocycles. The van der Waals surface area contributed by atoms with Crippen LogP contribution in [0.5, 0.6) is 5.75 Å². The molecule has 1 rings (SSSR count). The van der Waals surface area contributed by atoms with E-state index in [0.717, 1.165) is 17.6 Å². The lowest BCUT2D eigenvalue weighted by Crippen LogP contribution is -2.32. The standard InChI is InChI=1S/C18H26O4/c1-3-13(11-14-7-5-6-8-16(14)20)9-10-17(21)15(4-2)18(22)12-19/h4-8,11,15,17-22H,2-3,9-10,12H2,1H3/b13-11+/t15-,17-,18-/m1/s1. The molecule has 0 aliphatic rings. The lowest BCUT2D eigenvalue weighted by atomic mass is 9.91. The highest BCUT2D eigenvalue weighted by molar-refractivity contribution is 5.59. The van der Waals surface area contributed by atoms with Crippen molar-refractivity contribution >= 4 is 6.08 Å². The Bertz CT molecular complexity index is 496. The maximum Gasteiger partial charge on any atom is 0.122 e. The third kappa shape index (κ3) is 5.30. The van der Waals surface area contributed by atoms with Gasteiger partial charge >= 0.3 is 0 Å². The minimum atomic E-state index is -1.00. The van der Waals surface area contributed by atoms with E-state index in [2.05, 4.69) is 6.58 Å². The van der Waals surface area contributed by atoms with Crippen molar-refractivity contribution in [2.24, 2.45) is 5.92 Å². The maximum absolute atomic E-state index is 10.2. The molecule has 0 amide bonds. The van der Waals surface area contributed by atoms with Gasteiger partial charge in [-0.2, -0.15) is 0 Å². The van der Waals surface area contributed by atoms with Crippen molar-refractivity contribution in [1.82, 2.24) is 0 Å². The molecule has 22 heavy (non-hydrogen) atoms. The predicted octanol–water partition coefficient (Wildman–Crippen LogP) is 2.48. The summed E-state index contributed by atoms with van der Waals surface area (Å²) in [5, 5.41) is 38.6. The quantitative estimate of drug-likeness (QED) is 0.528. The van der Waals surface area contributed by atoms with Gasteiger partial charge in [0.2, 0.25) is 0 Å². The summed E-state index contributed by atoms with van der Waals surface area (Å²) in [5.41, 5.74) is 1.85. The molecule has 0 heterocycles. The first-order valence-electron chi connectivity index (χ1n) is 7.60. The third-order valence-electron chi connectivity index (χ3n) is 3.86. The molecule has 0 aromatic heterocycles. The average Bonchev–Trinajstić information content (AvgIpc) is 2.53. The van der Waals surface area contributed by atoms with Crippen LogP contribution in [0.4, 0.5) is 0 Å². The van der Waals surface area contributed by atoms with E-state index < -0.39 is 24.7 Å². The molecule has 0 saturated carbocycles. The molecule has 0 saturated heterocycles. The summed E-state index contributed by atoms with van der Waals surface area (Å²) < 4.78 is 0. The van der Waals surface area contributed by atoms with Crippen molar-refractivity contribution in [3.8, 4) is 5.75 Å². The lowest BCUT2D eigenvalue weighted by molar-refractivity contribution is 0.00211. The largest absolute Gasteiger partial charge is 0.507 e. The van der Waals surface area contributed by atoms with Gasteiger partial charge in [0.1, 0.15) is 5.75 Å². The van der Waals surface area contributed by atoms with Crippen molar-refractivity contribution in [3.63, 3.8) is 0 Å². The van der Waals surface area contributed by atoms with Gasteiger partial charge in [-0.3, -0.25) is 0 Å². The van der Waals surface area contributed by atoms with Crippen LogP contribution < -0.4 is 0 Å². The first-order chi connectivity index (χ1) is 10.5. The molecule has 4 heteroatoms. The van der Waals surface area contributed by atoms with E-state index in [9.17, 15) is 15.3 Å². The van der Waals surface area contributed by atoms with Crippen LogP contribution in [0.25, 0.3) is 6.08 Å². The number of benzene rings is 1. The molecule has 0 radical (unpaired) electrons. The zero-order chi connectivity index (χ0) is 16.5. The van der Waals surface area contributed by atoms with Crippen molar-refractivity contribution < 1.29 is 20.4 Å². The van der Waals surface area contributed by atoms with E-state index in [1.807, 2.05) is 25.1 Å². The molecule has 1 aromatic rings. The third-order valence-corrected chi connectivity index (χ3v) is 3.86. The average molecular weight is 306 g/mol. The Labute approximate surface area is 132 Å². The number of para-hydroxylation sites is 1. The van der Waals surface area contributed by atoms with Gasteiger partial charge in [-0.25, -0.2) is 0 Å². The summed E-state index contributed by atoms with van der Waals surface area (Å²) in [4.78, 5) is 0. The van der Waals surface area contributed by atoms with Crippen LogP contribution >= 0.6 is 0 Å². The zero-order valence-electron chi connectivity index (χ0n) is 13.0. The second-order valence-electron chi connectivity index (χ2n) is 5.38. The van der Waals surface area contributed by atoms with Crippen LogP contribution in [-0.2, 0) is 0 Å². The summed E-state index contributed by atoms with van der Waals surface area (Å²) >= 11 is 0. The Hall–Kier alpha value is -1.62. The highest BCUT2D eigenvalue weighted by atomic mass is 16.3. The van der Waals surface area contributed by atoms with Gasteiger partial charge in [-0.15, -0.1) is 6.58 Å². The molecule has 0 bridgehead atoms. The van der Waals surface area contributed by atoms with Gasteiger partial charge in [0.25, 0.3) is 0 Å². The first kappa shape index (κ1) is 18.4. The van der Waals surface area contributed by atoms with Crippen LogP contribution in [0.1, 0.15) is 31.7 Å². The van der Waals surface area contributed by atoms with E-state index in [4.69, 9.17) is 5.11 Å². The summed E-state index contributed by atoms with van der Waals surface area (Å²) in [6, 6.07) is 7.11. The normalized spacial score (nSPS) is 16.1. The molecule has 4 N–H and O–H groups in total. The Balaban J connectivity index is 2.71. The monoisotopic (exact) mass is 306 g/mol. The van der Waals surface area contributed by atoms with Crippen molar-refractivity contribution in [3.05, 3.63) is 48.1 Å². The second kappa shape index (κ2) is 9.41. The van der Waals surface area contributed by atoms with Gasteiger partial charge in [-0.1, -0.05) is 42.8 Å². The van der Waals surface area contributed by atoms with E-state index in [1.165, 1.54) is 6.08 Å². The summed E-state index contributed by atoms with van der Waals surface area (Å²) in [5.74, 6) is -0.318. The number of rotatable bonds is 9. The molecule has 0 aliphatic heterocycles. The van der Waals surface area contributed by atoms with Gasteiger partial charge in [0.15, 0.2) is 0 Å². The molecule has 0 unspecified atom stereocenters. The number of hydrogen-bond donors (Lipinski definition) is 4. The van der Waals surface area contributed by atoms with Crippen LogP contribution in [0.3, 0.4) is 0 Å². The summed E-state index contributed by atoms with van der Waals surface area (Å²) in [7, 11) is 0. The first-order valence-corrected chi connectivity index (χ1v) is 7.60. The minimum absolute atomic E-state index is 0.230. The fraction of sp³-hybridized carbons (Fsp3) is 0.444. The fourth-order valence-corrected chi connectivity index (χ4v) is 2.40. The van der Waals surface area contributed by atoms with E-state index in [-0.39, 0.29) is 5.75 Å². The molecule has 0 fully saturated rings. The lowest BCUT2D eigenvalue weighted by Gasteiger charge is -2.23. The van der Waals surface area contributed by atoms with Gasteiger partial charge in [0, 0.05) is 11.5 Å². The highest BCUT2D eigenvalue weighted by Gasteiger charge is 2.23. The molecule has 122 valence electrons. The van der Waals surface area contributed by atoms with E-state index >= 15 is 0 Å². The molecular formula is C18H26O4. The van der Waals surface area contributed by atoms with Gasteiger partial charge in [-0.05, 0) is 25.3 Å². The number of aliphatic hydroxyl groups excluding tert-OH is 3. The summed E-state index contributed by atoms with van der Waals surface area (Å²) in [6.45, 7) is 5.22.